The Bertz CT molecular complexity index is 443. The van der Waals surface area contributed by atoms with Crippen LogP contribution in [0.1, 0.15) is 0 Å². The Hall–Kier alpha value is -1.93. The molecule has 2 aromatic heterocycles. The fourth-order valence-corrected chi connectivity index (χ4v) is 0.860. The summed E-state index contributed by atoms with van der Waals surface area (Å²) in [5, 5.41) is 0. The Morgan fingerprint density at radius 3 is 2.85 bits per heavy atom. The summed E-state index contributed by atoms with van der Waals surface area (Å²) in [4.78, 5) is 23.5. The number of nitrogen functional groups attached to an aromatic ring is 1. The predicted molar refractivity (Wildman–Crippen MR) is 45.2 cm³/mol. The first-order valence-corrected chi connectivity index (χ1v) is 3.22. The summed E-state index contributed by atoms with van der Waals surface area (Å²) in [6, 6.07) is 0. The number of H-pyrrole nitrogens is 2. The summed E-state index contributed by atoms with van der Waals surface area (Å²) >= 11 is 0. The average molecular weight is 181 g/mol. The van der Waals surface area contributed by atoms with E-state index in [1.54, 1.807) is 0 Å². The van der Waals surface area contributed by atoms with Crippen LogP contribution in [-0.4, -0.2) is 19.9 Å². The van der Waals surface area contributed by atoms with Gasteiger partial charge >= 0.3 is 0 Å². The van der Waals surface area contributed by atoms with Crippen LogP contribution >= 0.6 is 0 Å². The number of hydrogen-bond donors (Lipinski definition) is 4. The van der Waals surface area contributed by atoms with Crippen molar-refractivity contribution in [1.82, 2.24) is 25.8 Å². The summed E-state index contributed by atoms with van der Waals surface area (Å²) in [7, 11) is 0. The molecule has 0 aliphatic carbocycles. The second-order valence-electron chi connectivity index (χ2n) is 2.05. The Morgan fingerprint density at radius 1 is 1.46 bits per heavy atom. The molecular weight excluding hydrogens is 174 g/mol. The smallest absolute Gasteiger partial charge is 0.278 e. The van der Waals surface area contributed by atoms with Gasteiger partial charge in [-0.15, -0.1) is 0 Å². The van der Waals surface area contributed by atoms with E-state index in [0.717, 1.165) is 0 Å². The molecule has 2 radical (unpaired) electrons. The van der Waals surface area contributed by atoms with Crippen LogP contribution in [0.3, 0.4) is 0 Å². The summed E-state index contributed by atoms with van der Waals surface area (Å²) in [5.41, 5.74) is 5.65. The molecule has 2 aromatic rings. The van der Waals surface area contributed by atoms with Crippen LogP contribution in [0.15, 0.2) is 11.1 Å². The van der Waals surface area contributed by atoms with Gasteiger partial charge in [-0.25, -0.2) is 10.8 Å². The monoisotopic (exact) mass is 181 g/mol. The predicted octanol–water partition coefficient (Wildman–Crippen LogP) is -1.84. The van der Waals surface area contributed by atoms with E-state index in [2.05, 4.69) is 25.8 Å². The fraction of sp³-hybridized carbons (Fsp3) is 0. The zero-order chi connectivity index (χ0) is 9.84. The number of aromatic amines is 2. The van der Waals surface area contributed by atoms with Crippen molar-refractivity contribution in [3.63, 3.8) is 0 Å². The average Bonchev–Trinajstić information content (AvgIpc) is 2.55. The van der Waals surface area contributed by atoms with Gasteiger partial charge < -0.3 is 10.7 Å². The highest BCUT2D eigenvalue weighted by atomic mass is 16.1. The molecule has 0 bridgehead atoms. The van der Waals surface area contributed by atoms with Crippen LogP contribution < -0.4 is 23.0 Å². The van der Waals surface area contributed by atoms with Gasteiger partial charge in [-0.2, -0.15) is 4.98 Å². The molecule has 2 heterocycles. The lowest BCUT2D eigenvalue weighted by molar-refractivity contribution is 1.17. The lowest BCUT2D eigenvalue weighted by Crippen LogP contribution is -2.10. The number of nitrogens with zero attached hydrogens (tertiary/aromatic N) is 3. The van der Waals surface area contributed by atoms with Crippen molar-refractivity contribution in [3.8, 4) is 0 Å². The molecule has 0 aliphatic rings. The van der Waals surface area contributed by atoms with Crippen molar-refractivity contribution in [2.45, 2.75) is 0 Å². The molecule has 8 nitrogen and oxygen atoms in total. The maximum absolute atomic E-state index is 11.0. The molecular formula is C5H7N7O. The number of hydrogen-bond acceptors (Lipinski definition) is 5. The Morgan fingerprint density at radius 2 is 2.15 bits per heavy atom. The van der Waals surface area contributed by atoms with Gasteiger partial charge in [-0.05, 0) is 5.84 Å². The number of nitrogens with two attached hydrogens (primary N) is 2. The molecule has 0 unspecified atom stereocenters. The molecule has 0 saturated carbocycles. The minimum absolute atomic E-state index is 0.0783. The minimum atomic E-state index is -0.301. The van der Waals surface area contributed by atoms with Crippen molar-refractivity contribution in [2.75, 3.05) is 5.73 Å². The lowest BCUT2D eigenvalue weighted by atomic mass is 10.5. The normalized spacial score (nSPS) is 9.38. The maximum Gasteiger partial charge on any atom is 0.278 e. The Kier molecular flexibility index (Phi) is 2.57. The zero-order valence-corrected chi connectivity index (χ0v) is 6.48. The van der Waals surface area contributed by atoms with E-state index in [0.29, 0.717) is 11.2 Å². The molecule has 8 heteroatoms. The van der Waals surface area contributed by atoms with Crippen molar-refractivity contribution < 1.29 is 0 Å². The molecule has 0 spiro atoms. The number of imidazole rings is 1. The summed E-state index contributed by atoms with van der Waals surface area (Å²) in [6.45, 7) is 0. The largest absolute Gasteiger partial charge is 0.369 e. The van der Waals surface area contributed by atoms with Crippen LogP contribution in [0.2, 0.25) is 0 Å². The fourth-order valence-electron chi connectivity index (χ4n) is 0.860. The van der Waals surface area contributed by atoms with Crippen molar-refractivity contribution in [1.29, 1.82) is 0 Å². The molecule has 0 amide bonds. The quantitative estimate of drug-likeness (QED) is 0.278. The number of rotatable bonds is 0. The third-order valence-corrected chi connectivity index (χ3v) is 1.31. The van der Waals surface area contributed by atoms with Crippen LogP contribution in [0.5, 0.6) is 0 Å². The molecule has 13 heavy (non-hydrogen) atoms. The van der Waals surface area contributed by atoms with E-state index in [1.165, 1.54) is 6.33 Å². The van der Waals surface area contributed by atoms with Crippen LogP contribution in [0.25, 0.3) is 11.2 Å². The Balaban J connectivity index is 0.000000396. The number of aromatic nitrogens is 4. The SMILES string of the molecule is Nc1nc2nc[nH]c2c(=O)[nH]1.[N]N. The van der Waals surface area contributed by atoms with Gasteiger partial charge in [0.2, 0.25) is 5.95 Å². The van der Waals surface area contributed by atoms with E-state index in [-0.39, 0.29) is 11.5 Å². The van der Waals surface area contributed by atoms with Gasteiger partial charge in [-0.1, -0.05) is 0 Å². The summed E-state index contributed by atoms with van der Waals surface area (Å²) in [5.74, 6) is 10.1. The summed E-state index contributed by atoms with van der Waals surface area (Å²) in [6.07, 6.45) is 1.40. The van der Waals surface area contributed by atoms with Gasteiger partial charge in [0, 0.05) is 0 Å². The summed E-state index contributed by atoms with van der Waals surface area (Å²) < 4.78 is 0. The topological polar surface area (TPSA) is 149 Å². The zero-order valence-electron chi connectivity index (χ0n) is 6.48. The first-order valence-electron chi connectivity index (χ1n) is 3.22. The highest BCUT2D eigenvalue weighted by Gasteiger charge is 2.01. The number of nitrogens with one attached hydrogen (secondary N) is 2. The van der Waals surface area contributed by atoms with Crippen molar-refractivity contribution in [2.24, 2.45) is 5.84 Å². The minimum Gasteiger partial charge on any atom is -0.369 e. The third kappa shape index (κ3) is 1.63. The highest BCUT2D eigenvalue weighted by Crippen LogP contribution is 1.98. The van der Waals surface area contributed by atoms with E-state index < -0.39 is 0 Å². The molecule has 0 aliphatic heterocycles. The first-order chi connectivity index (χ1) is 6.27. The molecule has 0 atom stereocenters. The molecule has 0 saturated heterocycles. The molecule has 0 fully saturated rings. The van der Waals surface area contributed by atoms with Gasteiger partial charge in [0.25, 0.3) is 5.56 Å². The highest BCUT2D eigenvalue weighted by molar-refractivity contribution is 5.69. The van der Waals surface area contributed by atoms with Gasteiger partial charge in [-0.3, -0.25) is 9.78 Å². The van der Waals surface area contributed by atoms with Crippen molar-refractivity contribution >= 4 is 17.1 Å². The molecule has 2 rings (SSSR count). The van der Waals surface area contributed by atoms with E-state index >= 15 is 0 Å². The van der Waals surface area contributed by atoms with Crippen LogP contribution in [0, 0.1) is 0 Å². The lowest BCUT2D eigenvalue weighted by Gasteiger charge is -1.89. The van der Waals surface area contributed by atoms with Gasteiger partial charge in [0.05, 0.1) is 6.33 Å². The van der Waals surface area contributed by atoms with E-state index in [4.69, 9.17) is 11.6 Å². The third-order valence-electron chi connectivity index (χ3n) is 1.31. The first kappa shape index (κ1) is 9.16. The second kappa shape index (κ2) is 3.65. The van der Waals surface area contributed by atoms with Crippen LogP contribution in [0.4, 0.5) is 5.95 Å². The molecule has 68 valence electrons. The molecule has 0 aromatic carbocycles. The Labute approximate surface area is 72.1 Å². The van der Waals surface area contributed by atoms with Crippen LogP contribution in [-0.2, 0) is 0 Å². The van der Waals surface area contributed by atoms with E-state index in [9.17, 15) is 4.79 Å². The van der Waals surface area contributed by atoms with Gasteiger partial charge in [0.1, 0.15) is 0 Å². The number of anilines is 1. The second-order valence-corrected chi connectivity index (χ2v) is 2.05. The standard InChI is InChI=1S/C5H5N5O.H2N2/c6-5-9-3-2(4(11)10-5)7-1-8-3;1-2/h1H,(H4,6,7,8,9,10,11);1H2. The van der Waals surface area contributed by atoms with Crippen molar-refractivity contribution in [3.05, 3.63) is 16.7 Å². The maximum atomic E-state index is 11.0. The van der Waals surface area contributed by atoms with Gasteiger partial charge in [0.15, 0.2) is 11.2 Å². The molecule has 6 N–H and O–H groups in total. The number of fused-ring (bicyclic) bond motifs is 1. The van der Waals surface area contributed by atoms with E-state index in [1.807, 2.05) is 0 Å².